The maximum Gasteiger partial charge on any atom is 0.288 e. The van der Waals surface area contributed by atoms with Gasteiger partial charge in [-0.05, 0) is 6.07 Å². The third-order valence-electron chi connectivity index (χ3n) is 2.28. The molecule has 1 saturated heterocycles. The first-order chi connectivity index (χ1) is 8.08. The molecular formula is C10H8Cl2N2O2S. The molecule has 0 saturated carbocycles. The van der Waals surface area contributed by atoms with Crippen LogP contribution >= 0.6 is 35.0 Å². The van der Waals surface area contributed by atoms with Gasteiger partial charge >= 0.3 is 0 Å². The van der Waals surface area contributed by atoms with E-state index in [1.807, 2.05) is 0 Å². The summed E-state index contributed by atoms with van der Waals surface area (Å²) in [5.74, 6) is 0.362. The molecule has 2 heterocycles. The average Bonchev–Trinajstić information content (AvgIpc) is 2.26. The van der Waals surface area contributed by atoms with E-state index in [9.17, 15) is 9.59 Å². The Morgan fingerprint density at radius 1 is 1.35 bits per heavy atom. The Balaban J connectivity index is 2.19. The highest BCUT2D eigenvalue weighted by Crippen LogP contribution is 2.24. The van der Waals surface area contributed by atoms with Crippen molar-refractivity contribution in [3.63, 3.8) is 0 Å². The van der Waals surface area contributed by atoms with Crippen LogP contribution in [-0.4, -0.2) is 26.8 Å². The Bertz CT molecular complexity index is 465. The Kier molecular flexibility index (Phi) is 3.91. The lowest BCUT2D eigenvalue weighted by Crippen LogP contribution is -2.37. The number of aromatic nitrogens is 1. The van der Waals surface area contributed by atoms with Crippen molar-refractivity contribution in [3.05, 3.63) is 28.0 Å². The number of halogens is 2. The number of carbonyl (C=O) groups excluding carboxylic acids is 2. The second-order valence-electron chi connectivity index (χ2n) is 3.43. The Morgan fingerprint density at radius 3 is 2.76 bits per heavy atom. The van der Waals surface area contributed by atoms with Gasteiger partial charge < -0.3 is 0 Å². The molecule has 0 aromatic carbocycles. The van der Waals surface area contributed by atoms with Crippen molar-refractivity contribution in [2.75, 3.05) is 5.75 Å². The van der Waals surface area contributed by atoms with E-state index in [4.69, 9.17) is 23.2 Å². The lowest BCUT2D eigenvalue weighted by molar-refractivity contribution is -0.128. The molecule has 0 aliphatic carbocycles. The standard InChI is InChI=1S/C10H8Cl2N2O2S/c11-7-2-1-6(9(12)13-7)5-14-8(15)3-4-17-10(14)16/h1-2H,3-5H2. The van der Waals surface area contributed by atoms with E-state index in [-0.39, 0.29) is 28.0 Å². The summed E-state index contributed by atoms with van der Waals surface area (Å²) in [6, 6.07) is 3.24. The van der Waals surface area contributed by atoms with Crippen molar-refractivity contribution in [3.8, 4) is 0 Å². The molecule has 0 unspecified atom stereocenters. The van der Waals surface area contributed by atoms with Crippen LogP contribution in [0.2, 0.25) is 10.3 Å². The van der Waals surface area contributed by atoms with Crippen LogP contribution in [0.4, 0.5) is 4.79 Å². The SMILES string of the molecule is O=C1CCSC(=O)N1Cc1ccc(Cl)nc1Cl. The van der Waals surface area contributed by atoms with Crippen LogP contribution < -0.4 is 0 Å². The fraction of sp³-hybridized carbons (Fsp3) is 0.300. The van der Waals surface area contributed by atoms with Crippen LogP contribution in [0.1, 0.15) is 12.0 Å². The van der Waals surface area contributed by atoms with E-state index in [1.54, 1.807) is 12.1 Å². The summed E-state index contributed by atoms with van der Waals surface area (Å²) in [6.45, 7) is 0.146. The van der Waals surface area contributed by atoms with Crippen molar-refractivity contribution >= 4 is 46.1 Å². The van der Waals surface area contributed by atoms with Gasteiger partial charge in [0.1, 0.15) is 10.3 Å². The fourth-order valence-electron chi connectivity index (χ4n) is 1.42. The molecule has 4 nitrogen and oxygen atoms in total. The van der Waals surface area contributed by atoms with Gasteiger partial charge in [-0.2, -0.15) is 0 Å². The predicted octanol–water partition coefficient (Wildman–Crippen LogP) is 2.97. The van der Waals surface area contributed by atoms with Crippen molar-refractivity contribution in [2.24, 2.45) is 0 Å². The summed E-state index contributed by atoms with van der Waals surface area (Å²) in [5.41, 5.74) is 0.611. The number of hydrogen-bond donors (Lipinski definition) is 0. The Morgan fingerprint density at radius 2 is 2.12 bits per heavy atom. The highest BCUT2D eigenvalue weighted by atomic mass is 35.5. The molecular weight excluding hydrogens is 283 g/mol. The lowest BCUT2D eigenvalue weighted by Gasteiger charge is -2.24. The zero-order chi connectivity index (χ0) is 12.4. The van der Waals surface area contributed by atoms with Crippen LogP contribution in [-0.2, 0) is 11.3 Å². The zero-order valence-corrected chi connectivity index (χ0v) is 11.0. The van der Waals surface area contributed by atoms with E-state index < -0.39 is 0 Å². The zero-order valence-electron chi connectivity index (χ0n) is 8.65. The second kappa shape index (κ2) is 5.25. The van der Waals surface area contributed by atoms with Gasteiger partial charge in [0.05, 0.1) is 6.54 Å². The molecule has 0 radical (unpaired) electrons. The van der Waals surface area contributed by atoms with E-state index in [0.717, 1.165) is 11.8 Å². The number of thioether (sulfide) groups is 1. The number of carbonyl (C=O) groups is 2. The monoisotopic (exact) mass is 290 g/mol. The quantitative estimate of drug-likeness (QED) is 0.786. The number of nitrogens with zero attached hydrogens (tertiary/aromatic N) is 2. The highest BCUT2D eigenvalue weighted by Gasteiger charge is 2.27. The third-order valence-corrected chi connectivity index (χ3v) is 3.70. The van der Waals surface area contributed by atoms with Gasteiger partial charge in [0.25, 0.3) is 5.24 Å². The van der Waals surface area contributed by atoms with E-state index in [0.29, 0.717) is 17.7 Å². The van der Waals surface area contributed by atoms with Crippen molar-refractivity contribution in [1.29, 1.82) is 0 Å². The van der Waals surface area contributed by atoms with Crippen LogP contribution in [0.25, 0.3) is 0 Å². The van der Waals surface area contributed by atoms with Crippen molar-refractivity contribution in [2.45, 2.75) is 13.0 Å². The maximum atomic E-state index is 11.6. The van der Waals surface area contributed by atoms with Crippen LogP contribution in [0.3, 0.4) is 0 Å². The first-order valence-electron chi connectivity index (χ1n) is 4.86. The summed E-state index contributed by atoms with van der Waals surface area (Å²) in [4.78, 5) is 28.2. The Hall–Kier alpha value is -0.780. The van der Waals surface area contributed by atoms with Gasteiger partial charge in [-0.15, -0.1) is 0 Å². The highest BCUT2D eigenvalue weighted by molar-refractivity contribution is 8.13. The Labute approximate surface area is 112 Å². The minimum atomic E-state index is -0.243. The molecule has 0 atom stereocenters. The summed E-state index contributed by atoms with van der Waals surface area (Å²) in [5, 5.41) is 0.255. The van der Waals surface area contributed by atoms with Gasteiger partial charge in [0.15, 0.2) is 0 Å². The number of rotatable bonds is 2. The third kappa shape index (κ3) is 2.91. The van der Waals surface area contributed by atoms with E-state index in [1.165, 1.54) is 4.90 Å². The minimum absolute atomic E-state index is 0.146. The molecule has 0 spiro atoms. The molecule has 7 heteroatoms. The molecule has 17 heavy (non-hydrogen) atoms. The van der Waals surface area contributed by atoms with Gasteiger partial charge in [-0.3, -0.25) is 14.5 Å². The summed E-state index contributed by atoms with van der Waals surface area (Å²) < 4.78 is 0. The molecule has 0 N–H and O–H groups in total. The van der Waals surface area contributed by atoms with E-state index >= 15 is 0 Å². The molecule has 2 rings (SSSR count). The maximum absolute atomic E-state index is 11.6. The molecule has 1 aromatic rings. The second-order valence-corrected chi connectivity index (χ2v) is 5.22. The fourth-order valence-corrected chi connectivity index (χ4v) is 2.60. The van der Waals surface area contributed by atoms with Gasteiger partial charge in [0, 0.05) is 17.7 Å². The lowest BCUT2D eigenvalue weighted by atomic mass is 10.2. The molecule has 0 bridgehead atoms. The normalized spacial score (nSPS) is 16.5. The average molecular weight is 291 g/mol. The van der Waals surface area contributed by atoms with Gasteiger partial charge in [0.2, 0.25) is 5.91 Å². The largest absolute Gasteiger partial charge is 0.288 e. The molecule has 1 aliphatic rings. The van der Waals surface area contributed by atoms with Crippen molar-refractivity contribution < 1.29 is 9.59 Å². The van der Waals surface area contributed by atoms with E-state index in [2.05, 4.69) is 4.98 Å². The molecule has 90 valence electrons. The number of amides is 2. The van der Waals surface area contributed by atoms with Crippen LogP contribution in [0, 0.1) is 0 Å². The molecule has 1 aromatic heterocycles. The summed E-state index contributed by atoms with van der Waals surface area (Å²) >= 11 is 12.7. The van der Waals surface area contributed by atoms with Gasteiger partial charge in [-0.25, -0.2) is 4.98 Å². The molecule has 2 amide bonds. The molecule has 1 aliphatic heterocycles. The van der Waals surface area contributed by atoms with Gasteiger partial charge in [-0.1, -0.05) is 41.0 Å². The predicted molar refractivity (Wildman–Crippen MR) is 67.3 cm³/mol. The van der Waals surface area contributed by atoms with Crippen LogP contribution in [0.5, 0.6) is 0 Å². The molecule has 1 fully saturated rings. The minimum Gasteiger partial charge on any atom is -0.274 e. The first-order valence-corrected chi connectivity index (χ1v) is 6.60. The van der Waals surface area contributed by atoms with Crippen molar-refractivity contribution in [1.82, 2.24) is 9.88 Å². The topological polar surface area (TPSA) is 50.3 Å². The first kappa shape index (κ1) is 12.7. The number of hydrogen-bond acceptors (Lipinski definition) is 4. The van der Waals surface area contributed by atoms with Crippen LogP contribution in [0.15, 0.2) is 12.1 Å². The number of pyridine rings is 1. The summed E-state index contributed by atoms with van der Waals surface area (Å²) in [6.07, 6.45) is 0.370. The summed E-state index contributed by atoms with van der Waals surface area (Å²) in [7, 11) is 0. The smallest absolute Gasteiger partial charge is 0.274 e. The number of imide groups is 1.